The Morgan fingerprint density at radius 2 is 1.87 bits per heavy atom. The molecule has 23 heavy (non-hydrogen) atoms. The lowest BCUT2D eigenvalue weighted by Gasteiger charge is -2.34. The van der Waals surface area contributed by atoms with Crippen LogP contribution in [0.5, 0.6) is 0 Å². The van der Waals surface area contributed by atoms with Crippen LogP contribution in [0.25, 0.3) is 0 Å². The van der Waals surface area contributed by atoms with Crippen LogP contribution in [0.4, 0.5) is 0 Å². The van der Waals surface area contributed by atoms with E-state index in [-0.39, 0.29) is 19.4 Å². The molecule has 0 amide bonds. The molecule has 0 radical (unpaired) electrons. The Morgan fingerprint density at radius 3 is 2.35 bits per heavy atom. The topological polar surface area (TPSA) is 84.9 Å². The van der Waals surface area contributed by atoms with Crippen molar-refractivity contribution in [1.29, 1.82) is 0 Å². The number of methoxy groups -OCH3 is 2. The molecule has 2 N–H and O–H groups in total. The number of esters is 2. The van der Waals surface area contributed by atoms with Gasteiger partial charge in [-0.3, -0.25) is 14.9 Å². The monoisotopic (exact) mass is 323 g/mol. The Bertz CT molecular complexity index is 505. The summed E-state index contributed by atoms with van der Waals surface area (Å²) >= 11 is 0. The van der Waals surface area contributed by atoms with Gasteiger partial charge in [-0.15, -0.1) is 0 Å². The Morgan fingerprint density at radius 1 is 1.22 bits per heavy atom. The molecule has 0 bridgehead atoms. The first-order valence-electron chi connectivity index (χ1n) is 7.61. The summed E-state index contributed by atoms with van der Waals surface area (Å²) in [7, 11) is 2.62. The Hall–Kier alpha value is -1.92. The summed E-state index contributed by atoms with van der Waals surface area (Å²) < 4.78 is 9.57. The van der Waals surface area contributed by atoms with E-state index in [4.69, 9.17) is 4.74 Å². The molecule has 0 aliphatic carbocycles. The van der Waals surface area contributed by atoms with Gasteiger partial charge in [0.25, 0.3) is 0 Å². The van der Waals surface area contributed by atoms with Crippen molar-refractivity contribution in [3.63, 3.8) is 0 Å². The fourth-order valence-electron chi connectivity index (χ4n) is 2.52. The van der Waals surface area contributed by atoms with Crippen molar-refractivity contribution in [1.82, 2.24) is 5.32 Å². The maximum Gasteiger partial charge on any atom is 0.326 e. The highest BCUT2D eigenvalue weighted by atomic mass is 16.5. The highest BCUT2D eigenvalue weighted by molar-refractivity contribution is 5.82. The number of carbonyl (C=O) groups is 2. The Labute approximate surface area is 136 Å². The average molecular weight is 323 g/mol. The third kappa shape index (κ3) is 5.04. The van der Waals surface area contributed by atoms with Crippen LogP contribution in [-0.2, 0) is 19.1 Å². The average Bonchev–Trinajstić information content (AvgIpc) is 2.62. The predicted octanol–water partition coefficient (Wildman–Crippen LogP) is 1.58. The lowest BCUT2D eigenvalue weighted by Crippen LogP contribution is -2.54. The molecule has 0 heterocycles. The van der Waals surface area contributed by atoms with Crippen LogP contribution in [-0.4, -0.2) is 43.4 Å². The summed E-state index contributed by atoms with van der Waals surface area (Å²) in [5.41, 5.74) is -0.207. The van der Waals surface area contributed by atoms with Crippen molar-refractivity contribution < 1.29 is 24.2 Å². The van der Waals surface area contributed by atoms with Gasteiger partial charge in [-0.2, -0.15) is 0 Å². The zero-order valence-electron chi connectivity index (χ0n) is 13.9. The molecule has 0 unspecified atom stereocenters. The molecule has 0 saturated heterocycles. The van der Waals surface area contributed by atoms with E-state index in [9.17, 15) is 14.7 Å². The van der Waals surface area contributed by atoms with Crippen LogP contribution in [0, 0.1) is 0 Å². The van der Waals surface area contributed by atoms with Crippen molar-refractivity contribution in [2.24, 2.45) is 0 Å². The van der Waals surface area contributed by atoms with Crippen LogP contribution in [0.2, 0.25) is 0 Å². The van der Waals surface area contributed by atoms with Gasteiger partial charge in [0.2, 0.25) is 0 Å². The molecule has 6 heteroatoms. The minimum absolute atomic E-state index is 0.0827. The van der Waals surface area contributed by atoms with Crippen LogP contribution in [0.15, 0.2) is 30.3 Å². The van der Waals surface area contributed by atoms with E-state index in [2.05, 4.69) is 10.1 Å². The quantitative estimate of drug-likeness (QED) is 0.671. The van der Waals surface area contributed by atoms with Gasteiger partial charge in [-0.1, -0.05) is 37.3 Å². The molecule has 0 spiro atoms. The largest absolute Gasteiger partial charge is 0.469 e. The molecular formula is C17H25NO5. The van der Waals surface area contributed by atoms with E-state index in [1.54, 1.807) is 0 Å². The fourth-order valence-corrected chi connectivity index (χ4v) is 2.52. The summed E-state index contributed by atoms with van der Waals surface area (Å²) in [6.45, 7) is 1.65. The maximum atomic E-state index is 12.3. The molecule has 2 atom stereocenters. The highest BCUT2D eigenvalue weighted by Gasteiger charge is 2.40. The first-order valence-corrected chi connectivity index (χ1v) is 7.61. The maximum absolute atomic E-state index is 12.3. The summed E-state index contributed by atoms with van der Waals surface area (Å²) in [6.07, 6.45) is 0.728. The first-order chi connectivity index (χ1) is 11.0. The third-order valence-corrected chi connectivity index (χ3v) is 4.00. The number of nitrogens with one attached hydrogen (secondary N) is 1. The molecule has 0 saturated carbocycles. The zero-order chi connectivity index (χ0) is 17.3. The second kappa shape index (κ2) is 9.27. The number of benzene rings is 1. The molecule has 1 aromatic rings. The van der Waals surface area contributed by atoms with Gasteiger partial charge >= 0.3 is 11.9 Å². The first kappa shape index (κ1) is 19.1. The van der Waals surface area contributed by atoms with Crippen LogP contribution in [0.3, 0.4) is 0 Å². The van der Waals surface area contributed by atoms with Gasteiger partial charge in [0.05, 0.1) is 26.9 Å². The number of ether oxygens (including phenoxy) is 2. The van der Waals surface area contributed by atoms with Crippen molar-refractivity contribution in [3.05, 3.63) is 35.9 Å². The highest BCUT2D eigenvalue weighted by Crippen LogP contribution is 2.25. The van der Waals surface area contributed by atoms with Gasteiger partial charge < -0.3 is 14.6 Å². The van der Waals surface area contributed by atoms with E-state index >= 15 is 0 Å². The van der Waals surface area contributed by atoms with Crippen molar-refractivity contribution in [2.45, 2.75) is 37.8 Å². The molecule has 6 nitrogen and oxygen atoms in total. The van der Waals surface area contributed by atoms with Crippen molar-refractivity contribution in [2.75, 3.05) is 20.8 Å². The Kier molecular flexibility index (Phi) is 7.71. The van der Waals surface area contributed by atoms with Crippen LogP contribution >= 0.6 is 0 Å². The summed E-state index contributed by atoms with van der Waals surface area (Å²) in [5, 5.41) is 12.9. The standard InChI is InChI=1S/C17H25NO5/c1-4-17(16(21)23-3,11-10-15(20)22-2)18-14(12-19)13-8-6-5-7-9-13/h5-9,14,18-19H,4,10-12H2,1-3H3/t14-,17-/m1/s1. The zero-order valence-corrected chi connectivity index (χ0v) is 13.9. The second-order valence-corrected chi connectivity index (χ2v) is 5.29. The molecule has 0 aliphatic rings. The predicted molar refractivity (Wildman–Crippen MR) is 85.7 cm³/mol. The minimum atomic E-state index is -1.06. The lowest BCUT2D eigenvalue weighted by atomic mass is 9.88. The van der Waals surface area contributed by atoms with Gasteiger partial charge in [-0.05, 0) is 18.4 Å². The molecule has 1 rings (SSSR count). The van der Waals surface area contributed by atoms with Crippen LogP contribution < -0.4 is 5.32 Å². The fraction of sp³-hybridized carbons (Fsp3) is 0.529. The molecule has 0 aromatic heterocycles. The van der Waals surface area contributed by atoms with Gasteiger partial charge in [-0.25, -0.2) is 0 Å². The normalized spacial score (nSPS) is 14.6. The van der Waals surface area contributed by atoms with E-state index in [0.29, 0.717) is 6.42 Å². The molecule has 0 aliphatic heterocycles. The molecule has 0 fully saturated rings. The number of rotatable bonds is 9. The molecule has 128 valence electrons. The number of hydrogen-bond acceptors (Lipinski definition) is 6. The van der Waals surface area contributed by atoms with Crippen molar-refractivity contribution in [3.8, 4) is 0 Å². The van der Waals surface area contributed by atoms with E-state index in [1.807, 2.05) is 37.3 Å². The number of aliphatic hydroxyl groups is 1. The van der Waals surface area contributed by atoms with Crippen LogP contribution in [0.1, 0.15) is 37.8 Å². The van der Waals surface area contributed by atoms with Gasteiger partial charge in [0.1, 0.15) is 5.54 Å². The lowest BCUT2D eigenvalue weighted by molar-refractivity contribution is -0.151. The molecular weight excluding hydrogens is 298 g/mol. The summed E-state index contributed by atoms with van der Waals surface area (Å²) in [4.78, 5) is 23.8. The van der Waals surface area contributed by atoms with E-state index < -0.39 is 23.5 Å². The number of aliphatic hydroxyl groups excluding tert-OH is 1. The summed E-state index contributed by atoms with van der Waals surface area (Å²) in [5.74, 6) is -0.855. The minimum Gasteiger partial charge on any atom is -0.469 e. The number of carbonyl (C=O) groups excluding carboxylic acids is 2. The Balaban J connectivity index is 3.02. The van der Waals surface area contributed by atoms with E-state index in [0.717, 1.165) is 5.56 Å². The van der Waals surface area contributed by atoms with E-state index in [1.165, 1.54) is 14.2 Å². The van der Waals surface area contributed by atoms with Gasteiger partial charge in [0, 0.05) is 6.42 Å². The smallest absolute Gasteiger partial charge is 0.326 e. The van der Waals surface area contributed by atoms with Crippen molar-refractivity contribution >= 4 is 11.9 Å². The van der Waals surface area contributed by atoms with Gasteiger partial charge in [0.15, 0.2) is 0 Å². The summed E-state index contributed by atoms with van der Waals surface area (Å²) in [6, 6.07) is 8.90. The SMILES string of the molecule is CC[C@](CCC(=O)OC)(N[C@H](CO)c1ccccc1)C(=O)OC. The second-order valence-electron chi connectivity index (χ2n) is 5.29. The number of hydrogen-bond donors (Lipinski definition) is 2. The molecule has 1 aromatic carbocycles. The third-order valence-electron chi connectivity index (χ3n) is 4.00.